The van der Waals surface area contributed by atoms with E-state index in [4.69, 9.17) is 16.7 Å². The number of benzene rings is 1. The van der Waals surface area contributed by atoms with Crippen LogP contribution in [0.25, 0.3) is 23.0 Å². The Labute approximate surface area is 138 Å². The Hall–Kier alpha value is -2.59. The maximum absolute atomic E-state index is 10.9. The van der Waals surface area contributed by atoms with Gasteiger partial charge in [0.2, 0.25) is 0 Å². The third kappa shape index (κ3) is 3.12. The number of aromatic nitrogens is 2. The van der Waals surface area contributed by atoms with Gasteiger partial charge in [0.1, 0.15) is 5.65 Å². The number of fused-ring (bicyclic) bond motifs is 1. The van der Waals surface area contributed by atoms with Gasteiger partial charge in [0.15, 0.2) is 0 Å². The van der Waals surface area contributed by atoms with Crippen LogP contribution in [0.4, 0.5) is 0 Å². The first kappa shape index (κ1) is 15.3. The van der Waals surface area contributed by atoms with E-state index in [1.54, 1.807) is 22.7 Å². The summed E-state index contributed by atoms with van der Waals surface area (Å²) in [6.07, 6.45) is 5.35. The van der Waals surface area contributed by atoms with Crippen LogP contribution in [0.1, 0.15) is 18.2 Å². The minimum atomic E-state index is -1.01. The van der Waals surface area contributed by atoms with Crippen LogP contribution >= 0.6 is 11.6 Å². The molecule has 0 aliphatic rings. The number of hydrogen-bond acceptors (Lipinski definition) is 2. The fourth-order valence-electron chi connectivity index (χ4n) is 2.46. The highest BCUT2D eigenvalue weighted by atomic mass is 35.5. The van der Waals surface area contributed by atoms with E-state index in [1.807, 2.05) is 18.2 Å². The molecule has 0 spiro atoms. The number of hydrogen-bond donors (Lipinski definition) is 1. The molecule has 5 heteroatoms. The molecule has 3 aromatic rings. The molecule has 3 rings (SSSR count). The third-order valence-electron chi connectivity index (χ3n) is 3.64. The lowest BCUT2D eigenvalue weighted by atomic mass is 10.1. The van der Waals surface area contributed by atoms with Gasteiger partial charge in [-0.15, -0.1) is 0 Å². The summed E-state index contributed by atoms with van der Waals surface area (Å²) >= 11 is 6.06. The Balaban J connectivity index is 2.21. The van der Waals surface area contributed by atoms with Gasteiger partial charge in [0, 0.05) is 17.8 Å². The maximum atomic E-state index is 10.9. The van der Waals surface area contributed by atoms with Crippen molar-refractivity contribution in [1.29, 1.82) is 0 Å². The Kier molecular flexibility index (Phi) is 4.17. The molecule has 1 N–H and O–H groups in total. The number of halogens is 1. The zero-order valence-corrected chi connectivity index (χ0v) is 13.3. The molecule has 0 unspecified atom stereocenters. The summed E-state index contributed by atoms with van der Waals surface area (Å²) in [7, 11) is 0. The summed E-state index contributed by atoms with van der Waals surface area (Å²) in [6, 6.07) is 11.7. The summed E-state index contributed by atoms with van der Waals surface area (Å²) in [5.74, 6) is -1.01. The molecule has 0 saturated carbocycles. The monoisotopic (exact) mass is 326 g/mol. The van der Waals surface area contributed by atoms with Crippen molar-refractivity contribution < 1.29 is 9.90 Å². The van der Waals surface area contributed by atoms with Crippen LogP contribution in [0.5, 0.6) is 0 Å². The second kappa shape index (κ2) is 6.26. The first-order valence-corrected chi connectivity index (χ1v) is 7.64. The molecule has 2 aromatic heterocycles. The number of aliphatic carboxylic acids is 1. The first-order valence-electron chi connectivity index (χ1n) is 7.26. The maximum Gasteiger partial charge on any atom is 0.328 e. The SMILES string of the molecule is CCc1ccc(-c2nc3ccc(Cl)cn3c2/C=C/C(=O)O)cc1. The number of carboxylic acids is 1. The molecule has 116 valence electrons. The van der Waals surface area contributed by atoms with Crippen molar-refractivity contribution in [3.05, 3.63) is 65.0 Å². The highest BCUT2D eigenvalue weighted by Gasteiger charge is 2.12. The summed E-state index contributed by atoms with van der Waals surface area (Å²) < 4.78 is 1.80. The smallest absolute Gasteiger partial charge is 0.328 e. The normalized spacial score (nSPS) is 11.4. The van der Waals surface area contributed by atoms with E-state index in [0.717, 1.165) is 23.8 Å². The van der Waals surface area contributed by atoms with Gasteiger partial charge in [-0.2, -0.15) is 0 Å². The van der Waals surface area contributed by atoms with Crippen LogP contribution in [-0.2, 0) is 11.2 Å². The van der Waals surface area contributed by atoms with Crippen molar-refractivity contribution >= 4 is 29.3 Å². The summed E-state index contributed by atoms with van der Waals surface area (Å²) in [5.41, 5.74) is 4.31. The number of imidazole rings is 1. The molecular weight excluding hydrogens is 312 g/mol. The molecule has 0 bridgehead atoms. The molecule has 0 atom stereocenters. The number of pyridine rings is 1. The van der Waals surface area contributed by atoms with Gasteiger partial charge in [-0.05, 0) is 30.2 Å². The Bertz CT molecular complexity index is 895. The lowest BCUT2D eigenvalue weighted by Crippen LogP contribution is -1.91. The van der Waals surface area contributed by atoms with Gasteiger partial charge in [0.05, 0.1) is 16.4 Å². The van der Waals surface area contributed by atoms with Crippen molar-refractivity contribution in [3.63, 3.8) is 0 Å². The van der Waals surface area contributed by atoms with Crippen LogP contribution in [0.15, 0.2) is 48.7 Å². The predicted molar refractivity (Wildman–Crippen MR) is 91.7 cm³/mol. The summed E-state index contributed by atoms with van der Waals surface area (Å²) in [5, 5.41) is 9.49. The molecule has 23 heavy (non-hydrogen) atoms. The highest BCUT2D eigenvalue weighted by molar-refractivity contribution is 6.30. The molecule has 2 heterocycles. The lowest BCUT2D eigenvalue weighted by molar-refractivity contribution is -0.131. The van der Waals surface area contributed by atoms with Crippen LogP contribution in [-0.4, -0.2) is 20.5 Å². The zero-order chi connectivity index (χ0) is 16.4. The molecule has 0 fully saturated rings. The molecule has 0 aliphatic heterocycles. The van der Waals surface area contributed by atoms with Gasteiger partial charge in [-0.25, -0.2) is 9.78 Å². The minimum Gasteiger partial charge on any atom is -0.478 e. The second-order valence-corrected chi connectivity index (χ2v) is 5.58. The van der Waals surface area contributed by atoms with Crippen LogP contribution in [0.2, 0.25) is 5.02 Å². The molecule has 4 nitrogen and oxygen atoms in total. The van der Waals surface area contributed by atoms with E-state index in [-0.39, 0.29) is 0 Å². The summed E-state index contributed by atoms with van der Waals surface area (Å²) in [6.45, 7) is 2.10. The van der Waals surface area contributed by atoms with Crippen LogP contribution < -0.4 is 0 Å². The van der Waals surface area contributed by atoms with E-state index in [0.29, 0.717) is 16.4 Å². The topological polar surface area (TPSA) is 54.6 Å². The van der Waals surface area contributed by atoms with Crippen molar-refractivity contribution in [2.45, 2.75) is 13.3 Å². The number of aryl methyl sites for hydroxylation is 1. The van der Waals surface area contributed by atoms with Gasteiger partial charge in [-0.1, -0.05) is 42.8 Å². The number of carbonyl (C=O) groups is 1. The number of nitrogens with zero attached hydrogens (tertiary/aromatic N) is 2. The van der Waals surface area contributed by atoms with Crippen LogP contribution in [0.3, 0.4) is 0 Å². The molecule has 0 radical (unpaired) electrons. The average Bonchev–Trinajstić information content (AvgIpc) is 2.90. The minimum absolute atomic E-state index is 0.563. The third-order valence-corrected chi connectivity index (χ3v) is 3.86. The van der Waals surface area contributed by atoms with Crippen LogP contribution in [0, 0.1) is 0 Å². The van der Waals surface area contributed by atoms with E-state index in [2.05, 4.69) is 24.0 Å². The zero-order valence-electron chi connectivity index (χ0n) is 12.5. The van der Waals surface area contributed by atoms with Crippen molar-refractivity contribution in [2.75, 3.05) is 0 Å². The quantitative estimate of drug-likeness (QED) is 0.727. The second-order valence-electron chi connectivity index (χ2n) is 5.14. The Morgan fingerprint density at radius 1 is 1.26 bits per heavy atom. The Morgan fingerprint density at radius 2 is 2.00 bits per heavy atom. The largest absolute Gasteiger partial charge is 0.478 e. The van der Waals surface area contributed by atoms with Crippen molar-refractivity contribution in [1.82, 2.24) is 9.38 Å². The fraction of sp³-hybridized carbons (Fsp3) is 0.111. The van der Waals surface area contributed by atoms with E-state index in [9.17, 15) is 4.79 Å². The van der Waals surface area contributed by atoms with Gasteiger partial charge >= 0.3 is 5.97 Å². The lowest BCUT2D eigenvalue weighted by Gasteiger charge is -2.02. The highest BCUT2D eigenvalue weighted by Crippen LogP contribution is 2.27. The molecule has 0 saturated heterocycles. The molecule has 0 amide bonds. The van der Waals surface area contributed by atoms with Gasteiger partial charge in [-0.3, -0.25) is 4.40 Å². The molecule has 0 aliphatic carbocycles. The van der Waals surface area contributed by atoms with Gasteiger partial charge in [0.25, 0.3) is 0 Å². The molecule has 1 aromatic carbocycles. The predicted octanol–water partition coefficient (Wildman–Crippen LogP) is 4.31. The molecular formula is C18H15ClN2O2. The van der Waals surface area contributed by atoms with E-state index in [1.165, 1.54) is 5.56 Å². The van der Waals surface area contributed by atoms with E-state index < -0.39 is 5.97 Å². The van der Waals surface area contributed by atoms with Crippen molar-refractivity contribution in [3.8, 4) is 11.3 Å². The average molecular weight is 327 g/mol. The Morgan fingerprint density at radius 3 is 2.65 bits per heavy atom. The van der Waals surface area contributed by atoms with Crippen molar-refractivity contribution in [2.24, 2.45) is 0 Å². The van der Waals surface area contributed by atoms with E-state index >= 15 is 0 Å². The first-order chi connectivity index (χ1) is 11.1. The fourth-order valence-corrected chi connectivity index (χ4v) is 2.62. The standard InChI is InChI=1S/C18H15ClN2O2/c1-2-12-3-5-13(6-4-12)18-15(8-10-17(22)23)21-11-14(19)7-9-16(21)20-18/h3-11H,2H2,1H3,(H,22,23)/b10-8+. The number of rotatable bonds is 4. The number of carboxylic acid groups (broad SMARTS) is 1. The van der Waals surface area contributed by atoms with Gasteiger partial charge < -0.3 is 5.11 Å². The summed E-state index contributed by atoms with van der Waals surface area (Å²) in [4.78, 5) is 15.5.